The summed E-state index contributed by atoms with van der Waals surface area (Å²) >= 11 is 12.2. The Morgan fingerprint density at radius 1 is 1.39 bits per heavy atom. The van der Waals surface area contributed by atoms with Gasteiger partial charge in [-0.1, -0.05) is 30.1 Å². The van der Waals surface area contributed by atoms with Crippen molar-refractivity contribution in [3.8, 4) is 0 Å². The highest BCUT2D eigenvalue weighted by molar-refractivity contribution is 6.33. The maximum absolute atomic E-state index is 6.22. The first-order valence-corrected chi connectivity index (χ1v) is 7.21. The lowest BCUT2D eigenvalue weighted by Crippen LogP contribution is -2.43. The van der Waals surface area contributed by atoms with Crippen molar-refractivity contribution in [1.29, 1.82) is 0 Å². The van der Waals surface area contributed by atoms with Crippen LogP contribution in [0.3, 0.4) is 0 Å². The smallest absolute Gasteiger partial charge is 0.0512 e. The van der Waals surface area contributed by atoms with E-state index < -0.39 is 0 Å². The first-order chi connectivity index (χ1) is 8.70. The quantitative estimate of drug-likeness (QED) is 0.914. The molecule has 1 N–H and O–H groups in total. The van der Waals surface area contributed by atoms with Gasteiger partial charge in [-0.25, -0.2) is 0 Å². The predicted molar refractivity (Wildman–Crippen MR) is 76.6 cm³/mol. The Morgan fingerprint density at radius 2 is 2.22 bits per heavy atom. The number of hydrogen-bond acceptors (Lipinski definition) is 2. The minimum atomic E-state index is 0.467. The fourth-order valence-corrected chi connectivity index (χ4v) is 2.90. The minimum absolute atomic E-state index is 0.467. The maximum atomic E-state index is 6.22. The second-order valence-electron chi connectivity index (χ2n) is 4.73. The topological polar surface area (TPSA) is 21.3 Å². The molecule has 0 bridgehead atoms. The molecule has 0 unspecified atom stereocenters. The molecule has 1 aliphatic rings. The van der Waals surface area contributed by atoms with Crippen molar-refractivity contribution < 1.29 is 4.74 Å². The van der Waals surface area contributed by atoms with Crippen LogP contribution in [0.5, 0.6) is 0 Å². The van der Waals surface area contributed by atoms with Gasteiger partial charge in [-0.05, 0) is 43.1 Å². The number of halogens is 2. The number of rotatable bonds is 4. The van der Waals surface area contributed by atoms with E-state index in [0.717, 1.165) is 48.2 Å². The van der Waals surface area contributed by atoms with Gasteiger partial charge in [-0.2, -0.15) is 0 Å². The highest BCUT2D eigenvalue weighted by Gasteiger charge is 2.25. The van der Waals surface area contributed by atoms with E-state index in [4.69, 9.17) is 27.9 Å². The second kappa shape index (κ2) is 6.76. The van der Waals surface area contributed by atoms with Gasteiger partial charge in [0.25, 0.3) is 0 Å². The molecule has 0 saturated carbocycles. The lowest BCUT2D eigenvalue weighted by atomic mass is 9.89. The fraction of sp³-hybridized carbons (Fsp3) is 0.571. The Labute approximate surface area is 119 Å². The van der Waals surface area contributed by atoms with Crippen LogP contribution in [0.25, 0.3) is 0 Å². The van der Waals surface area contributed by atoms with Gasteiger partial charge in [0.2, 0.25) is 0 Å². The fourth-order valence-electron chi connectivity index (χ4n) is 2.51. The van der Waals surface area contributed by atoms with Gasteiger partial charge in [0.15, 0.2) is 0 Å². The van der Waals surface area contributed by atoms with Crippen molar-refractivity contribution in [1.82, 2.24) is 5.32 Å². The van der Waals surface area contributed by atoms with Crippen molar-refractivity contribution in [3.63, 3.8) is 0 Å². The number of nitrogens with one attached hydrogen (secondary N) is 1. The molecule has 1 aromatic rings. The maximum Gasteiger partial charge on any atom is 0.0512 e. The second-order valence-corrected chi connectivity index (χ2v) is 5.57. The van der Waals surface area contributed by atoms with Gasteiger partial charge in [-0.3, -0.25) is 0 Å². The molecular weight excluding hydrogens is 269 g/mol. The van der Waals surface area contributed by atoms with Gasteiger partial charge in [0.05, 0.1) is 6.61 Å². The molecule has 0 amide bonds. The van der Waals surface area contributed by atoms with Crippen molar-refractivity contribution in [3.05, 3.63) is 33.8 Å². The first kappa shape index (κ1) is 14.1. The summed E-state index contributed by atoms with van der Waals surface area (Å²) in [6.45, 7) is 4.77. The van der Waals surface area contributed by atoms with E-state index in [0.29, 0.717) is 12.0 Å². The molecule has 0 radical (unpaired) electrons. The van der Waals surface area contributed by atoms with E-state index in [1.165, 1.54) is 0 Å². The summed E-state index contributed by atoms with van der Waals surface area (Å²) in [5.41, 5.74) is 1.11. The summed E-state index contributed by atoms with van der Waals surface area (Å²) in [5.74, 6) is 0.467. The summed E-state index contributed by atoms with van der Waals surface area (Å²) in [6.07, 6.45) is 1.98. The summed E-state index contributed by atoms with van der Waals surface area (Å²) in [7, 11) is 0. The Bertz CT molecular complexity index is 395. The van der Waals surface area contributed by atoms with Crippen molar-refractivity contribution >= 4 is 23.2 Å². The first-order valence-electron chi connectivity index (χ1n) is 6.45. The third-order valence-electron chi connectivity index (χ3n) is 3.43. The van der Waals surface area contributed by atoms with E-state index in [9.17, 15) is 0 Å². The molecule has 0 aromatic heterocycles. The average Bonchev–Trinajstić information content (AvgIpc) is 2.36. The molecule has 18 heavy (non-hydrogen) atoms. The lowest BCUT2D eigenvalue weighted by Gasteiger charge is -2.32. The van der Waals surface area contributed by atoms with Crippen LogP contribution < -0.4 is 5.32 Å². The number of benzene rings is 1. The van der Waals surface area contributed by atoms with Crippen LogP contribution in [0, 0.1) is 5.92 Å². The van der Waals surface area contributed by atoms with Gasteiger partial charge in [0, 0.05) is 28.6 Å². The molecule has 4 heteroatoms. The zero-order valence-electron chi connectivity index (χ0n) is 10.6. The predicted octanol–water partition coefficient (Wildman–Crippen LogP) is 3.55. The number of ether oxygens (including phenoxy) is 1. The Hall–Kier alpha value is -0.280. The highest BCUT2D eigenvalue weighted by atomic mass is 35.5. The van der Waals surface area contributed by atoms with Crippen LogP contribution in [0.15, 0.2) is 18.2 Å². The van der Waals surface area contributed by atoms with Crippen molar-refractivity contribution in [2.24, 2.45) is 5.92 Å². The molecule has 2 nitrogen and oxygen atoms in total. The summed E-state index contributed by atoms with van der Waals surface area (Å²) in [4.78, 5) is 0. The van der Waals surface area contributed by atoms with Crippen LogP contribution in [-0.2, 0) is 11.2 Å². The van der Waals surface area contributed by atoms with E-state index >= 15 is 0 Å². The van der Waals surface area contributed by atoms with Crippen LogP contribution in [0.1, 0.15) is 18.9 Å². The van der Waals surface area contributed by atoms with E-state index in [1.54, 1.807) is 0 Å². The minimum Gasteiger partial charge on any atom is -0.381 e. The number of hydrogen-bond donors (Lipinski definition) is 1. The largest absolute Gasteiger partial charge is 0.381 e. The zero-order valence-corrected chi connectivity index (χ0v) is 12.1. The molecule has 1 aromatic carbocycles. The monoisotopic (exact) mass is 287 g/mol. The van der Waals surface area contributed by atoms with E-state index in [2.05, 4.69) is 12.2 Å². The normalized spacial score (nSPS) is 24.2. The summed E-state index contributed by atoms with van der Waals surface area (Å²) in [5, 5.41) is 5.07. The molecule has 1 heterocycles. The van der Waals surface area contributed by atoms with E-state index in [-0.39, 0.29) is 0 Å². The third kappa shape index (κ3) is 3.61. The lowest BCUT2D eigenvalue weighted by molar-refractivity contribution is 0.0327. The van der Waals surface area contributed by atoms with Crippen molar-refractivity contribution in [2.45, 2.75) is 25.8 Å². The van der Waals surface area contributed by atoms with Gasteiger partial charge in [0.1, 0.15) is 0 Å². The average molecular weight is 288 g/mol. The van der Waals surface area contributed by atoms with Gasteiger partial charge >= 0.3 is 0 Å². The molecular formula is C14H19Cl2NO. The van der Waals surface area contributed by atoms with Crippen molar-refractivity contribution in [2.75, 3.05) is 19.8 Å². The molecule has 1 aliphatic heterocycles. The molecule has 1 saturated heterocycles. The Balaban J connectivity index is 2.08. The molecule has 0 spiro atoms. The van der Waals surface area contributed by atoms with Crippen LogP contribution in [0.4, 0.5) is 0 Å². The van der Waals surface area contributed by atoms with Crippen LogP contribution in [0.2, 0.25) is 10.0 Å². The molecule has 1 fully saturated rings. The van der Waals surface area contributed by atoms with Crippen LogP contribution in [-0.4, -0.2) is 25.8 Å². The summed E-state index contributed by atoms with van der Waals surface area (Å²) in [6, 6.07) is 6.16. The Kier molecular flexibility index (Phi) is 5.31. The SMILES string of the molecule is CCN[C@@H]1CCOC[C@@H]1Cc1cc(Cl)ccc1Cl. The van der Waals surface area contributed by atoms with Gasteiger partial charge < -0.3 is 10.1 Å². The zero-order chi connectivity index (χ0) is 13.0. The third-order valence-corrected chi connectivity index (χ3v) is 4.03. The standard InChI is InChI=1S/C14H19Cl2NO/c1-2-17-14-5-6-18-9-11(14)7-10-8-12(15)3-4-13(10)16/h3-4,8,11,14,17H,2,5-7,9H2,1H3/t11-,14+/m0/s1. The van der Waals surface area contributed by atoms with E-state index in [1.807, 2.05) is 18.2 Å². The molecule has 0 aliphatic carbocycles. The summed E-state index contributed by atoms with van der Waals surface area (Å²) < 4.78 is 5.58. The van der Waals surface area contributed by atoms with Gasteiger partial charge in [-0.15, -0.1) is 0 Å². The molecule has 2 rings (SSSR count). The van der Waals surface area contributed by atoms with Crippen LogP contribution >= 0.6 is 23.2 Å². The Morgan fingerprint density at radius 3 is 3.00 bits per heavy atom. The molecule has 100 valence electrons. The highest BCUT2D eigenvalue weighted by Crippen LogP contribution is 2.26. The molecule has 2 atom stereocenters.